The SMILES string of the molecule is CCOC(=O)c1csc(NCCC(N)=O)n1. The molecule has 0 aliphatic carbocycles. The topological polar surface area (TPSA) is 94.3 Å². The summed E-state index contributed by atoms with van der Waals surface area (Å²) >= 11 is 1.28. The molecular weight excluding hydrogens is 230 g/mol. The summed E-state index contributed by atoms with van der Waals surface area (Å²) in [6.45, 7) is 2.46. The number of esters is 1. The normalized spacial score (nSPS) is 9.81. The van der Waals surface area contributed by atoms with Crippen LogP contribution in [0.4, 0.5) is 5.13 Å². The summed E-state index contributed by atoms with van der Waals surface area (Å²) in [7, 11) is 0. The third-order valence-corrected chi connectivity index (χ3v) is 2.44. The average molecular weight is 243 g/mol. The predicted octanol–water partition coefficient (Wildman–Crippen LogP) is 0.607. The molecule has 88 valence electrons. The molecule has 0 saturated carbocycles. The molecular formula is C9H13N3O3S. The molecule has 0 atom stereocenters. The Morgan fingerprint density at radius 2 is 2.38 bits per heavy atom. The van der Waals surface area contributed by atoms with E-state index in [4.69, 9.17) is 10.5 Å². The van der Waals surface area contributed by atoms with E-state index in [0.717, 1.165) is 0 Å². The van der Waals surface area contributed by atoms with Gasteiger partial charge < -0.3 is 15.8 Å². The average Bonchev–Trinajstić information content (AvgIpc) is 2.66. The van der Waals surface area contributed by atoms with Crippen molar-refractivity contribution >= 4 is 28.3 Å². The molecule has 3 N–H and O–H groups in total. The molecule has 0 unspecified atom stereocenters. The van der Waals surface area contributed by atoms with Crippen LogP contribution in [0.2, 0.25) is 0 Å². The van der Waals surface area contributed by atoms with Gasteiger partial charge in [0.05, 0.1) is 6.61 Å². The highest BCUT2D eigenvalue weighted by molar-refractivity contribution is 7.13. The summed E-state index contributed by atoms with van der Waals surface area (Å²) in [5, 5.41) is 5.07. The Bertz CT molecular complexity index is 378. The lowest BCUT2D eigenvalue weighted by Crippen LogP contribution is -2.15. The maximum Gasteiger partial charge on any atom is 0.357 e. The Labute approximate surface area is 96.8 Å². The van der Waals surface area contributed by atoms with Crippen LogP contribution in [0, 0.1) is 0 Å². The highest BCUT2D eigenvalue weighted by atomic mass is 32.1. The minimum absolute atomic E-state index is 0.230. The van der Waals surface area contributed by atoms with E-state index < -0.39 is 5.97 Å². The van der Waals surface area contributed by atoms with Gasteiger partial charge in [0, 0.05) is 18.3 Å². The van der Waals surface area contributed by atoms with Gasteiger partial charge in [0.15, 0.2) is 10.8 Å². The number of rotatable bonds is 6. The maximum atomic E-state index is 11.3. The first-order valence-electron chi connectivity index (χ1n) is 4.78. The zero-order valence-electron chi connectivity index (χ0n) is 8.86. The van der Waals surface area contributed by atoms with Gasteiger partial charge >= 0.3 is 5.97 Å². The second kappa shape index (κ2) is 6.06. The smallest absolute Gasteiger partial charge is 0.357 e. The molecule has 16 heavy (non-hydrogen) atoms. The number of hydrogen-bond donors (Lipinski definition) is 2. The van der Waals surface area contributed by atoms with Crippen molar-refractivity contribution in [2.75, 3.05) is 18.5 Å². The molecule has 0 spiro atoms. The van der Waals surface area contributed by atoms with E-state index in [0.29, 0.717) is 18.3 Å². The molecule has 0 saturated heterocycles. The van der Waals surface area contributed by atoms with Crippen molar-refractivity contribution < 1.29 is 14.3 Å². The minimum atomic E-state index is -0.443. The van der Waals surface area contributed by atoms with Crippen molar-refractivity contribution in [1.82, 2.24) is 4.98 Å². The number of thiazole rings is 1. The first kappa shape index (κ1) is 12.4. The Balaban J connectivity index is 2.45. The first-order chi connectivity index (χ1) is 7.63. The highest BCUT2D eigenvalue weighted by Gasteiger charge is 2.11. The van der Waals surface area contributed by atoms with E-state index in [1.807, 2.05) is 0 Å². The van der Waals surface area contributed by atoms with Gasteiger partial charge in [0.1, 0.15) is 0 Å². The number of carbonyl (C=O) groups excluding carboxylic acids is 2. The number of amides is 1. The molecule has 0 aliphatic rings. The van der Waals surface area contributed by atoms with Crippen molar-refractivity contribution in [3.05, 3.63) is 11.1 Å². The van der Waals surface area contributed by atoms with E-state index in [1.54, 1.807) is 12.3 Å². The van der Waals surface area contributed by atoms with Crippen LogP contribution in [0.25, 0.3) is 0 Å². The Morgan fingerprint density at radius 1 is 1.62 bits per heavy atom. The lowest BCUT2D eigenvalue weighted by Gasteiger charge is -1.99. The molecule has 1 aromatic rings. The van der Waals surface area contributed by atoms with Crippen LogP contribution >= 0.6 is 11.3 Å². The van der Waals surface area contributed by atoms with Crippen molar-refractivity contribution in [3.8, 4) is 0 Å². The maximum absolute atomic E-state index is 11.3. The molecule has 7 heteroatoms. The van der Waals surface area contributed by atoms with Gasteiger partial charge in [-0.15, -0.1) is 11.3 Å². The van der Waals surface area contributed by atoms with E-state index in [2.05, 4.69) is 10.3 Å². The van der Waals surface area contributed by atoms with E-state index in [9.17, 15) is 9.59 Å². The molecule has 1 amide bonds. The quantitative estimate of drug-likeness (QED) is 0.714. The van der Waals surface area contributed by atoms with E-state index >= 15 is 0 Å². The van der Waals surface area contributed by atoms with Gasteiger partial charge in [0.2, 0.25) is 5.91 Å². The van der Waals surface area contributed by atoms with Crippen molar-refractivity contribution in [1.29, 1.82) is 0 Å². The molecule has 0 aliphatic heterocycles. The zero-order chi connectivity index (χ0) is 12.0. The van der Waals surface area contributed by atoms with Gasteiger partial charge in [-0.1, -0.05) is 0 Å². The second-order valence-corrected chi connectivity index (χ2v) is 3.76. The summed E-state index contributed by atoms with van der Waals surface area (Å²) in [6, 6.07) is 0. The van der Waals surface area contributed by atoms with Gasteiger partial charge in [-0.25, -0.2) is 9.78 Å². The number of aromatic nitrogens is 1. The van der Waals surface area contributed by atoms with Crippen molar-refractivity contribution in [2.45, 2.75) is 13.3 Å². The standard InChI is InChI=1S/C9H13N3O3S/c1-2-15-8(14)6-5-16-9(12-6)11-4-3-7(10)13/h5H,2-4H2,1H3,(H2,10,13)(H,11,12). The minimum Gasteiger partial charge on any atom is -0.461 e. The van der Waals surface area contributed by atoms with Crippen LogP contribution in [-0.2, 0) is 9.53 Å². The van der Waals surface area contributed by atoms with Crippen LogP contribution in [0.1, 0.15) is 23.8 Å². The molecule has 1 heterocycles. The summed E-state index contributed by atoms with van der Waals surface area (Å²) in [5.41, 5.74) is 5.25. The van der Waals surface area contributed by atoms with Gasteiger partial charge in [0.25, 0.3) is 0 Å². The zero-order valence-corrected chi connectivity index (χ0v) is 9.67. The Kier molecular flexibility index (Phi) is 4.71. The van der Waals surface area contributed by atoms with Crippen molar-refractivity contribution in [2.24, 2.45) is 5.73 Å². The van der Waals surface area contributed by atoms with Crippen LogP contribution in [-0.4, -0.2) is 30.0 Å². The molecule has 0 aromatic carbocycles. The van der Waals surface area contributed by atoms with Crippen LogP contribution in [0.5, 0.6) is 0 Å². The summed E-state index contributed by atoms with van der Waals surface area (Å²) < 4.78 is 4.79. The van der Waals surface area contributed by atoms with Gasteiger partial charge in [-0.05, 0) is 6.92 Å². The predicted molar refractivity (Wildman–Crippen MR) is 60.4 cm³/mol. The Hall–Kier alpha value is -1.63. The van der Waals surface area contributed by atoms with E-state index in [-0.39, 0.29) is 18.0 Å². The summed E-state index contributed by atoms with van der Waals surface area (Å²) in [6.07, 6.45) is 0.230. The fourth-order valence-corrected chi connectivity index (χ4v) is 1.65. The first-order valence-corrected chi connectivity index (χ1v) is 5.66. The number of nitrogens with zero attached hydrogens (tertiary/aromatic N) is 1. The third-order valence-electron chi connectivity index (χ3n) is 1.64. The monoisotopic (exact) mass is 243 g/mol. The fourth-order valence-electron chi connectivity index (χ4n) is 0.946. The number of primary amides is 1. The number of carbonyl (C=O) groups is 2. The lowest BCUT2D eigenvalue weighted by atomic mass is 10.4. The number of anilines is 1. The Morgan fingerprint density at radius 3 is 3.00 bits per heavy atom. The molecule has 0 fully saturated rings. The fraction of sp³-hybridized carbons (Fsp3) is 0.444. The number of ether oxygens (including phenoxy) is 1. The second-order valence-electron chi connectivity index (χ2n) is 2.90. The van der Waals surface area contributed by atoms with Gasteiger partial charge in [-0.3, -0.25) is 4.79 Å². The summed E-state index contributed by atoms with van der Waals surface area (Å²) in [4.78, 5) is 25.7. The van der Waals surface area contributed by atoms with E-state index in [1.165, 1.54) is 11.3 Å². The molecule has 1 rings (SSSR count). The van der Waals surface area contributed by atoms with Crippen LogP contribution in [0.15, 0.2) is 5.38 Å². The molecule has 0 bridgehead atoms. The largest absolute Gasteiger partial charge is 0.461 e. The number of hydrogen-bond acceptors (Lipinski definition) is 6. The third kappa shape index (κ3) is 3.85. The lowest BCUT2D eigenvalue weighted by molar-refractivity contribution is -0.117. The number of nitrogens with one attached hydrogen (secondary N) is 1. The summed E-state index contributed by atoms with van der Waals surface area (Å²) in [5.74, 6) is -0.823. The molecule has 6 nitrogen and oxygen atoms in total. The molecule has 0 radical (unpaired) electrons. The number of nitrogens with two attached hydrogens (primary N) is 1. The van der Waals surface area contributed by atoms with Crippen LogP contribution in [0.3, 0.4) is 0 Å². The van der Waals surface area contributed by atoms with Crippen LogP contribution < -0.4 is 11.1 Å². The highest BCUT2D eigenvalue weighted by Crippen LogP contribution is 2.15. The molecule has 1 aromatic heterocycles. The van der Waals surface area contributed by atoms with Gasteiger partial charge in [-0.2, -0.15) is 0 Å². The van der Waals surface area contributed by atoms with Crippen molar-refractivity contribution in [3.63, 3.8) is 0 Å².